The zero-order chi connectivity index (χ0) is 17.5. The molecule has 3 nitrogen and oxygen atoms in total. The molecule has 0 aliphatic rings. The molecule has 0 heterocycles. The molecule has 0 saturated heterocycles. The lowest BCUT2D eigenvalue weighted by molar-refractivity contribution is 0.290. The van der Waals surface area contributed by atoms with E-state index in [9.17, 15) is 0 Å². The number of hydrogen-bond acceptors (Lipinski definition) is 3. The minimum Gasteiger partial charge on any atom is -0.493 e. The Balaban J connectivity index is 2.33. The molecule has 1 atom stereocenters. The van der Waals surface area contributed by atoms with E-state index in [1.54, 1.807) is 7.11 Å². The van der Waals surface area contributed by atoms with Crippen LogP contribution in [-0.4, -0.2) is 20.3 Å². The molecule has 0 bridgehead atoms. The molecule has 2 N–H and O–H groups in total. The van der Waals surface area contributed by atoms with Gasteiger partial charge >= 0.3 is 0 Å². The van der Waals surface area contributed by atoms with Gasteiger partial charge in [0.1, 0.15) is 0 Å². The molecule has 3 heteroatoms. The van der Waals surface area contributed by atoms with Crippen LogP contribution in [0.4, 0.5) is 0 Å². The van der Waals surface area contributed by atoms with Crippen molar-refractivity contribution in [1.29, 1.82) is 0 Å². The van der Waals surface area contributed by atoms with Crippen molar-refractivity contribution in [2.75, 3.05) is 20.3 Å². The Labute approximate surface area is 145 Å². The standard InChI is InChI=1S/C21H29NO2/c1-5-9-24-21-17(7-6-8-20(21)23-4)13-19(14-22)18-11-15(2)10-16(3)12-18/h6-8,10-12,19H,5,9,13-14,22H2,1-4H3. The van der Waals surface area contributed by atoms with E-state index in [-0.39, 0.29) is 5.92 Å². The van der Waals surface area contributed by atoms with Crippen molar-refractivity contribution in [1.82, 2.24) is 0 Å². The van der Waals surface area contributed by atoms with Gasteiger partial charge in [-0.25, -0.2) is 0 Å². The highest BCUT2D eigenvalue weighted by atomic mass is 16.5. The van der Waals surface area contributed by atoms with Crippen molar-refractivity contribution >= 4 is 0 Å². The summed E-state index contributed by atoms with van der Waals surface area (Å²) >= 11 is 0. The van der Waals surface area contributed by atoms with E-state index in [4.69, 9.17) is 15.2 Å². The normalized spacial score (nSPS) is 12.0. The zero-order valence-electron chi connectivity index (χ0n) is 15.3. The Kier molecular flexibility index (Phi) is 6.68. The van der Waals surface area contributed by atoms with Gasteiger partial charge in [-0.05, 0) is 50.4 Å². The molecule has 0 aliphatic carbocycles. The maximum Gasteiger partial charge on any atom is 0.164 e. The summed E-state index contributed by atoms with van der Waals surface area (Å²) in [4.78, 5) is 0. The fourth-order valence-corrected chi connectivity index (χ4v) is 3.10. The summed E-state index contributed by atoms with van der Waals surface area (Å²) in [5.41, 5.74) is 11.1. The van der Waals surface area contributed by atoms with Crippen LogP contribution in [0.1, 0.15) is 41.5 Å². The molecule has 0 spiro atoms. The summed E-state index contributed by atoms with van der Waals surface area (Å²) in [6.07, 6.45) is 1.81. The number of aryl methyl sites for hydroxylation is 2. The lowest BCUT2D eigenvalue weighted by Crippen LogP contribution is -2.16. The molecule has 130 valence electrons. The Morgan fingerprint density at radius 2 is 1.79 bits per heavy atom. The van der Waals surface area contributed by atoms with Crippen LogP contribution in [0, 0.1) is 13.8 Å². The molecule has 0 aromatic heterocycles. The number of ether oxygens (including phenoxy) is 2. The highest BCUT2D eigenvalue weighted by molar-refractivity contribution is 5.47. The van der Waals surface area contributed by atoms with Crippen molar-refractivity contribution in [3.63, 3.8) is 0 Å². The lowest BCUT2D eigenvalue weighted by atomic mass is 9.89. The van der Waals surface area contributed by atoms with Crippen LogP contribution in [0.5, 0.6) is 11.5 Å². The molecular formula is C21H29NO2. The molecule has 2 aromatic rings. The summed E-state index contributed by atoms with van der Waals surface area (Å²) in [7, 11) is 1.68. The van der Waals surface area contributed by atoms with Gasteiger partial charge in [0.05, 0.1) is 13.7 Å². The Morgan fingerprint density at radius 1 is 1.08 bits per heavy atom. The molecule has 24 heavy (non-hydrogen) atoms. The number of methoxy groups -OCH3 is 1. The van der Waals surface area contributed by atoms with Gasteiger partial charge in [-0.3, -0.25) is 0 Å². The Morgan fingerprint density at radius 3 is 2.38 bits per heavy atom. The fraction of sp³-hybridized carbons (Fsp3) is 0.429. The SMILES string of the molecule is CCCOc1c(CC(CN)c2cc(C)cc(C)c2)cccc1OC. The summed E-state index contributed by atoms with van der Waals surface area (Å²) in [5.74, 6) is 1.90. The second-order valence-corrected chi connectivity index (χ2v) is 6.35. The molecular weight excluding hydrogens is 298 g/mol. The van der Waals surface area contributed by atoms with Gasteiger partial charge in [0, 0.05) is 5.92 Å². The molecule has 1 unspecified atom stereocenters. The quantitative estimate of drug-likeness (QED) is 0.782. The minimum atomic E-state index is 0.264. The van der Waals surface area contributed by atoms with E-state index in [0.717, 1.165) is 29.9 Å². The van der Waals surface area contributed by atoms with Gasteiger partial charge in [-0.2, -0.15) is 0 Å². The molecule has 0 radical (unpaired) electrons. The molecule has 0 amide bonds. The van der Waals surface area contributed by atoms with Crippen LogP contribution < -0.4 is 15.2 Å². The topological polar surface area (TPSA) is 44.5 Å². The fourth-order valence-electron chi connectivity index (χ4n) is 3.10. The molecule has 2 rings (SSSR count). The summed E-state index contributed by atoms with van der Waals surface area (Å²) in [5, 5.41) is 0. The van der Waals surface area contributed by atoms with Gasteiger partial charge in [0.25, 0.3) is 0 Å². The van der Waals surface area contributed by atoms with Crippen LogP contribution in [0.15, 0.2) is 36.4 Å². The van der Waals surface area contributed by atoms with Crippen molar-refractivity contribution in [3.8, 4) is 11.5 Å². The van der Waals surface area contributed by atoms with E-state index in [0.29, 0.717) is 13.2 Å². The third-order valence-electron chi connectivity index (χ3n) is 4.20. The van der Waals surface area contributed by atoms with Gasteiger partial charge in [-0.1, -0.05) is 48.4 Å². The highest BCUT2D eigenvalue weighted by Gasteiger charge is 2.17. The van der Waals surface area contributed by atoms with Crippen molar-refractivity contribution < 1.29 is 9.47 Å². The van der Waals surface area contributed by atoms with Gasteiger partial charge < -0.3 is 15.2 Å². The van der Waals surface area contributed by atoms with Crippen LogP contribution in [0.2, 0.25) is 0 Å². The first-order valence-corrected chi connectivity index (χ1v) is 8.66. The van der Waals surface area contributed by atoms with Gasteiger partial charge in [0.15, 0.2) is 11.5 Å². The Hall–Kier alpha value is -2.00. The first-order chi connectivity index (χ1) is 11.6. The van der Waals surface area contributed by atoms with E-state index in [1.165, 1.54) is 16.7 Å². The van der Waals surface area contributed by atoms with Crippen LogP contribution in [0.3, 0.4) is 0 Å². The number of hydrogen-bond donors (Lipinski definition) is 1. The third kappa shape index (κ3) is 4.51. The summed E-state index contributed by atoms with van der Waals surface area (Å²) in [6.45, 7) is 7.65. The smallest absolute Gasteiger partial charge is 0.164 e. The van der Waals surface area contributed by atoms with E-state index < -0.39 is 0 Å². The maximum atomic E-state index is 6.10. The first-order valence-electron chi connectivity index (χ1n) is 8.66. The first kappa shape index (κ1) is 18.3. The molecule has 0 fully saturated rings. The number of para-hydroxylation sites is 1. The minimum absolute atomic E-state index is 0.264. The van der Waals surface area contributed by atoms with Crippen LogP contribution >= 0.6 is 0 Å². The van der Waals surface area contributed by atoms with Crippen molar-refractivity contribution in [3.05, 3.63) is 58.7 Å². The van der Waals surface area contributed by atoms with Crippen LogP contribution in [-0.2, 0) is 6.42 Å². The van der Waals surface area contributed by atoms with E-state index in [2.05, 4.69) is 45.0 Å². The largest absolute Gasteiger partial charge is 0.493 e. The summed E-state index contributed by atoms with van der Waals surface area (Å²) < 4.78 is 11.5. The average Bonchev–Trinajstić information content (AvgIpc) is 2.57. The molecule has 0 aliphatic heterocycles. The van der Waals surface area contributed by atoms with Crippen molar-refractivity contribution in [2.24, 2.45) is 5.73 Å². The van der Waals surface area contributed by atoms with E-state index in [1.807, 2.05) is 12.1 Å². The Bertz CT molecular complexity index is 647. The third-order valence-corrected chi connectivity index (χ3v) is 4.20. The second kappa shape index (κ2) is 8.74. The van der Waals surface area contributed by atoms with E-state index >= 15 is 0 Å². The maximum absolute atomic E-state index is 6.10. The number of rotatable bonds is 8. The van der Waals surface area contributed by atoms with Crippen molar-refractivity contribution in [2.45, 2.75) is 39.5 Å². The number of nitrogens with two attached hydrogens (primary N) is 1. The predicted octanol–water partition coefficient (Wildman–Crippen LogP) is 4.39. The zero-order valence-corrected chi connectivity index (χ0v) is 15.3. The van der Waals surface area contributed by atoms with Gasteiger partial charge in [0.2, 0.25) is 0 Å². The van der Waals surface area contributed by atoms with Crippen LogP contribution in [0.25, 0.3) is 0 Å². The monoisotopic (exact) mass is 327 g/mol. The second-order valence-electron chi connectivity index (χ2n) is 6.35. The highest BCUT2D eigenvalue weighted by Crippen LogP contribution is 2.34. The summed E-state index contributed by atoms with van der Waals surface area (Å²) in [6, 6.07) is 12.7. The molecule has 2 aromatic carbocycles. The molecule has 0 saturated carbocycles. The average molecular weight is 327 g/mol. The van der Waals surface area contributed by atoms with Gasteiger partial charge in [-0.15, -0.1) is 0 Å². The lowest BCUT2D eigenvalue weighted by Gasteiger charge is -2.20. The number of benzene rings is 2. The predicted molar refractivity (Wildman–Crippen MR) is 100 cm³/mol.